The molecule has 3 aromatic carbocycles. The van der Waals surface area contributed by atoms with Gasteiger partial charge in [-0.1, -0.05) is 68.3 Å². The van der Waals surface area contributed by atoms with Crippen LogP contribution in [0.5, 0.6) is 0 Å². The molecule has 1 heterocycles. The Bertz CT molecular complexity index is 1210. The molecule has 4 rings (SSSR count). The summed E-state index contributed by atoms with van der Waals surface area (Å²) in [7, 11) is -3.57. The lowest BCUT2D eigenvalue weighted by Crippen LogP contribution is -2.06. The lowest BCUT2D eigenvalue weighted by molar-refractivity contribution is 0.594. The van der Waals surface area contributed by atoms with Gasteiger partial charge in [-0.2, -0.15) is 0 Å². The highest BCUT2D eigenvalue weighted by molar-refractivity contribution is 7.91. The summed E-state index contributed by atoms with van der Waals surface area (Å²) in [5.74, 6) is 0. The minimum Gasteiger partial charge on any atom is -0.355 e. The van der Waals surface area contributed by atoms with Crippen molar-refractivity contribution in [1.29, 1.82) is 0 Å². The number of H-pyrrole nitrogens is 1. The van der Waals surface area contributed by atoms with Gasteiger partial charge in [-0.25, -0.2) is 8.42 Å². The van der Waals surface area contributed by atoms with Gasteiger partial charge in [0.15, 0.2) is 0 Å². The van der Waals surface area contributed by atoms with Crippen molar-refractivity contribution in [2.24, 2.45) is 0 Å². The van der Waals surface area contributed by atoms with E-state index in [0.29, 0.717) is 9.79 Å². The largest absolute Gasteiger partial charge is 0.355 e. The van der Waals surface area contributed by atoms with Gasteiger partial charge in [-0.15, -0.1) is 0 Å². The van der Waals surface area contributed by atoms with Crippen LogP contribution in [-0.4, -0.2) is 13.4 Å². The Kier molecular flexibility index (Phi) is 5.54. The Labute approximate surface area is 172 Å². The van der Waals surface area contributed by atoms with Gasteiger partial charge in [0.2, 0.25) is 9.84 Å². The molecule has 29 heavy (non-hydrogen) atoms. The molecule has 0 fully saturated rings. The molecule has 3 nitrogen and oxygen atoms in total. The lowest BCUT2D eigenvalue weighted by atomic mass is 10.0. The van der Waals surface area contributed by atoms with Crippen LogP contribution >= 0.6 is 0 Å². The van der Waals surface area contributed by atoms with Crippen LogP contribution in [-0.2, 0) is 16.3 Å². The van der Waals surface area contributed by atoms with Crippen LogP contribution < -0.4 is 0 Å². The lowest BCUT2D eigenvalue weighted by Gasteiger charge is -2.12. The number of benzene rings is 3. The molecule has 0 spiro atoms. The standard InChI is InChI=1S/C25H25NO2S/c1-2-3-6-15-21-22-18-24(19-11-7-4-8-12-19)26-23(22)16-17-25(21)29(27,28)20-13-9-5-10-14-20/h4-5,7-14,16-18,26H,2-3,6,15H2,1H3. The predicted molar refractivity (Wildman–Crippen MR) is 119 cm³/mol. The zero-order chi connectivity index (χ0) is 20.3. The Balaban J connectivity index is 1.89. The van der Waals surface area contributed by atoms with E-state index >= 15 is 0 Å². The van der Waals surface area contributed by atoms with Crippen molar-refractivity contribution in [2.75, 3.05) is 0 Å². The first-order chi connectivity index (χ1) is 14.1. The molecular weight excluding hydrogens is 378 g/mol. The summed E-state index contributed by atoms with van der Waals surface area (Å²) in [6, 6.07) is 24.6. The van der Waals surface area contributed by atoms with Crippen molar-refractivity contribution in [3.8, 4) is 11.3 Å². The summed E-state index contributed by atoms with van der Waals surface area (Å²) >= 11 is 0. The minimum absolute atomic E-state index is 0.343. The maximum absolute atomic E-state index is 13.4. The van der Waals surface area contributed by atoms with E-state index in [9.17, 15) is 8.42 Å². The average Bonchev–Trinajstić information content (AvgIpc) is 3.20. The van der Waals surface area contributed by atoms with Crippen molar-refractivity contribution < 1.29 is 8.42 Å². The van der Waals surface area contributed by atoms with Gasteiger partial charge < -0.3 is 4.98 Å². The fourth-order valence-corrected chi connectivity index (χ4v) is 5.36. The van der Waals surface area contributed by atoms with E-state index in [0.717, 1.165) is 53.4 Å². The van der Waals surface area contributed by atoms with Gasteiger partial charge in [-0.05, 0) is 54.3 Å². The van der Waals surface area contributed by atoms with E-state index in [1.54, 1.807) is 30.3 Å². The SMILES string of the molecule is CCCCCc1c(S(=O)(=O)c2ccccc2)ccc2[nH]c(-c3ccccc3)cc12. The predicted octanol–water partition coefficient (Wildman–Crippen LogP) is 6.40. The second kappa shape index (κ2) is 8.26. The molecule has 148 valence electrons. The third kappa shape index (κ3) is 3.85. The number of hydrogen-bond acceptors (Lipinski definition) is 2. The molecule has 1 aromatic heterocycles. The molecule has 0 amide bonds. The summed E-state index contributed by atoms with van der Waals surface area (Å²) in [4.78, 5) is 4.23. The summed E-state index contributed by atoms with van der Waals surface area (Å²) < 4.78 is 26.8. The molecule has 1 N–H and O–H groups in total. The molecule has 0 aliphatic heterocycles. The first-order valence-corrected chi connectivity index (χ1v) is 11.6. The fourth-order valence-electron chi connectivity index (χ4n) is 3.81. The zero-order valence-electron chi connectivity index (χ0n) is 16.6. The molecule has 0 unspecified atom stereocenters. The second-order valence-corrected chi connectivity index (χ2v) is 9.24. The molecule has 0 aliphatic rings. The first-order valence-electron chi connectivity index (χ1n) is 10.1. The van der Waals surface area contributed by atoms with E-state index in [1.807, 2.05) is 30.3 Å². The molecule has 0 aliphatic carbocycles. The molecule has 4 heteroatoms. The van der Waals surface area contributed by atoms with Gasteiger partial charge in [0.25, 0.3) is 0 Å². The van der Waals surface area contributed by atoms with Crippen molar-refractivity contribution in [3.63, 3.8) is 0 Å². The van der Waals surface area contributed by atoms with Gasteiger partial charge in [0.05, 0.1) is 9.79 Å². The van der Waals surface area contributed by atoms with Crippen molar-refractivity contribution in [1.82, 2.24) is 4.98 Å². The third-order valence-corrected chi connectivity index (χ3v) is 7.18. The van der Waals surface area contributed by atoms with E-state index in [4.69, 9.17) is 0 Å². The van der Waals surface area contributed by atoms with Crippen LogP contribution in [0.2, 0.25) is 0 Å². The van der Waals surface area contributed by atoms with E-state index < -0.39 is 9.84 Å². The molecule has 0 bridgehead atoms. The Morgan fingerprint density at radius 3 is 2.21 bits per heavy atom. The first kappa shape index (κ1) is 19.5. The van der Waals surface area contributed by atoms with E-state index in [1.165, 1.54) is 0 Å². The zero-order valence-corrected chi connectivity index (χ0v) is 17.4. The summed E-state index contributed by atoms with van der Waals surface area (Å²) in [5.41, 5.74) is 3.99. The summed E-state index contributed by atoms with van der Waals surface area (Å²) in [6.07, 6.45) is 3.90. The third-order valence-electron chi connectivity index (χ3n) is 5.33. The number of sulfone groups is 1. The van der Waals surface area contributed by atoms with Crippen LogP contribution in [0.3, 0.4) is 0 Å². The number of hydrogen-bond donors (Lipinski definition) is 1. The highest BCUT2D eigenvalue weighted by Crippen LogP contribution is 2.34. The molecule has 0 saturated heterocycles. The molecular formula is C25H25NO2S. The number of unbranched alkanes of at least 4 members (excludes halogenated alkanes) is 2. The number of aromatic amines is 1. The molecule has 0 saturated carbocycles. The normalized spacial score (nSPS) is 11.8. The number of nitrogens with one attached hydrogen (secondary N) is 1. The van der Waals surface area contributed by atoms with Crippen LogP contribution in [0.25, 0.3) is 22.2 Å². The summed E-state index contributed by atoms with van der Waals surface area (Å²) in [6.45, 7) is 2.16. The Morgan fingerprint density at radius 1 is 0.828 bits per heavy atom. The molecule has 0 radical (unpaired) electrons. The highest BCUT2D eigenvalue weighted by atomic mass is 32.2. The second-order valence-electron chi connectivity index (χ2n) is 7.33. The average molecular weight is 404 g/mol. The molecule has 4 aromatic rings. The highest BCUT2D eigenvalue weighted by Gasteiger charge is 2.23. The maximum atomic E-state index is 13.4. The van der Waals surface area contributed by atoms with Crippen LogP contribution in [0.1, 0.15) is 31.7 Å². The monoisotopic (exact) mass is 403 g/mol. The van der Waals surface area contributed by atoms with Crippen molar-refractivity contribution in [3.05, 3.63) is 84.4 Å². The number of aromatic nitrogens is 1. The Hall–Kier alpha value is -2.85. The summed E-state index contributed by atoms with van der Waals surface area (Å²) in [5, 5.41) is 0.997. The Morgan fingerprint density at radius 2 is 1.52 bits per heavy atom. The van der Waals surface area contributed by atoms with E-state index in [-0.39, 0.29) is 0 Å². The van der Waals surface area contributed by atoms with Gasteiger partial charge >= 0.3 is 0 Å². The smallest absolute Gasteiger partial charge is 0.206 e. The topological polar surface area (TPSA) is 49.9 Å². The van der Waals surface area contributed by atoms with Gasteiger partial charge in [0.1, 0.15) is 0 Å². The number of aryl methyl sites for hydroxylation is 1. The van der Waals surface area contributed by atoms with Crippen LogP contribution in [0.15, 0.2) is 88.7 Å². The van der Waals surface area contributed by atoms with Crippen molar-refractivity contribution in [2.45, 2.75) is 42.4 Å². The molecule has 0 atom stereocenters. The number of fused-ring (bicyclic) bond motifs is 1. The van der Waals surface area contributed by atoms with E-state index in [2.05, 4.69) is 30.1 Å². The van der Waals surface area contributed by atoms with Gasteiger partial charge in [0, 0.05) is 16.6 Å². The van der Waals surface area contributed by atoms with Gasteiger partial charge in [-0.3, -0.25) is 0 Å². The number of rotatable bonds is 7. The van der Waals surface area contributed by atoms with Crippen molar-refractivity contribution >= 4 is 20.7 Å². The minimum atomic E-state index is -3.57. The maximum Gasteiger partial charge on any atom is 0.206 e. The van der Waals surface area contributed by atoms with Crippen LogP contribution in [0.4, 0.5) is 0 Å². The van der Waals surface area contributed by atoms with Crippen LogP contribution in [0, 0.1) is 0 Å². The quantitative estimate of drug-likeness (QED) is 0.363. The fraction of sp³-hybridized carbons (Fsp3) is 0.200.